The Labute approximate surface area is 339 Å². The normalized spacial score (nSPS) is 36.0. The molecule has 1 N–H and O–H groups in total. The molecule has 7 nitrogen and oxygen atoms in total. The van der Waals surface area contributed by atoms with Gasteiger partial charge in [-0.05, 0) is 180 Å². The van der Waals surface area contributed by atoms with Gasteiger partial charge < -0.3 is 19.6 Å². The third-order valence-corrected chi connectivity index (χ3v) is 16.9. The quantitative estimate of drug-likeness (QED) is 0.178. The number of fused-ring (bicyclic) bond motifs is 7. The highest BCUT2D eigenvalue weighted by Crippen LogP contribution is 2.77. The highest BCUT2D eigenvalue weighted by Gasteiger charge is 2.70. The van der Waals surface area contributed by atoms with Crippen LogP contribution < -0.4 is 0 Å². The van der Waals surface area contributed by atoms with E-state index in [1.807, 2.05) is 47.0 Å². The van der Waals surface area contributed by atoms with Gasteiger partial charge >= 0.3 is 11.9 Å². The Morgan fingerprint density at radius 2 is 1.54 bits per heavy atom. The number of hydrogen-bond donors (Lipinski definition) is 1. The van der Waals surface area contributed by atoms with E-state index in [4.69, 9.17) is 4.74 Å². The SMILES string of the molecule is C=C(C)C1CCC2(CN(CCN(C)C)C(=O)CCC(=O)O)CCC3(C)C(CCC4C5(C)CC=C(c6ccc(C(=O)OC(C)(C)C)cc6)C(C)(C)C5CCC43C)C12. The fourth-order valence-corrected chi connectivity index (χ4v) is 14.1. The maximum absolute atomic E-state index is 13.7. The molecular weight excluding hydrogens is 697 g/mol. The van der Waals surface area contributed by atoms with Crippen molar-refractivity contribution in [3.63, 3.8) is 0 Å². The number of carboxylic acids is 1. The third kappa shape index (κ3) is 7.34. The van der Waals surface area contributed by atoms with E-state index < -0.39 is 11.6 Å². The summed E-state index contributed by atoms with van der Waals surface area (Å²) in [7, 11) is 4.09. The fourth-order valence-electron chi connectivity index (χ4n) is 14.1. The first kappa shape index (κ1) is 42.7. The van der Waals surface area contributed by atoms with Gasteiger partial charge in [-0.25, -0.2) is 4.79 Å². The molecule has 4 fully saturated rings. The topological polar surface area (TPSA) is 87.2 Å². The number of hydrogen-bond acceptors (Lipinski definition) is 5. The summed E-state index contributed by atoms with van der Waals surface area (Å²) in [5.41, 5.74) is 4.58. The first-order valence-electron chi connectivity index (χ1n) is 21.8. The zero-order valence-corrected chi connectivity index (χ0v) is 36.9. The molecule has 0 saturated heterocycles. The van der Waals surface area contributed by atoms with Gasteiger partial charge in [0, 0.05) is 26.1 Å². The number of esters is 1. The summed E-state index contributed by atoms with van der Waals surface area (Å²) in [4.78, 5) is 42.2. The minimum Gasteiger partial charge on any atom is -0.481 e. The van der Waals surface area contributed by atoms with Crippen LogP contribution in [0, 0.1) is 56.7 Å². The van der Waals surface area contributed by atoms with Crippen molar-refractivity contribution < 1.29 is 24.2 Å². The molecule has 5 aliphatic carbocycles. The number of benzene rings is 1. The molecule has 9 atom stereocenters. The van der Waals surface area contributed by atoms with E-state index >= 15 is 0 Å². The third-order valence-electron chi connectivity index (χ3n) is 16.9. The highest BCUT2D eigenvalue weighted by molar-refractivity contribution is 5.90. The second-order valence-corrected chi connectivity index (χ2v) is 21.7. The van der Waals surface area contributed by atoms with E-state index in [9.17, 15) is 19.5 Å². The minimum absolute atomic E-state index is 0.0114. The highest BCUT2D eigenvalue weighted by atomic mass is 16.6. The smallest absolute Gasteiger partial charge is 0.338 e. The van der Waals surface area contributed by atoms with Gasteiger partial charge in [-0.15, -0.1) is 0 Å². The number of aliphatic carboxylic acids is 1. The van der Waals surface area contributed by atoms with Gasteiger partial charge in [0.1, 0.15) is 5.60 Å². The number of allylic oxidation sites excluding steroid dienone is 3. The van der Waals surface area contributed by atoms with Crippen LogP contribution >= 0.6 is 0 Å². The van der Waals surface area contributed by atoms with Crippen LogP contribution in [0.15, 0.2) is 42.5 Å². The Balaban J connectivity index is 1.29. The van der Waals surface area contributed by atoms with Crippen LogP contribution in [-0.4, -0.2) is 72.1 Å². The van der Waals surface area contributed by atoms with Crippen molar-refractivity contribution in [2.45, 2.75) is 139 Å². The minimum atomic E-state index is -0.908. The number of carboxylic acid groups (broad SMARTS) is 1. The summed E-state index contributed by atoms with van der Waals surface area (Å²) in [6.07, 6.45) is 13.1. The first-order chi connectivity index (χ1) is 26.0. The summed E-state index contributed by atoms with van der Waals surface area (Å²) in [6, 6.07) is 8.13. The van der Waals surface area contributed by atoms with Crippen LogP contribution in [0.4, 0.5) is 0 Å². The molecule has 310 valence electrons. The van der Waals surface area contributed by atoms with Crippen molar-refractivity contribution in [2.75, 3.05) is 33.7 Å². The molecule has 4 saturated carbocycles. The maximum atomic E-state index is 13.7. The largest absolute Gasteiger partial charge is 0.481 e. The van der Waals surface area contributed by atoms with Crippen molar-refractivity contribution in [3.8, 4) is 0 Å². The summed E-state index contributed by atoms with van der Waals surface area (Å²) in [5.74, 6) is 1.48. The Hall–Kier alpha value is -2.93. The number of nitrogens with zero attached hydrogens (tertiary/aromatic N) is 2. The van der Waals surface area contributed by atoms with Crippen molar-refractivity contribution in [1.82, 2.24) is 9.80 Å². The molecule has 0 heterocycles. The molecule has 0 radical (unpaired) electrons. The number of carbonyl (C=O) groups is 3. The van der Waals surface area contributed by atoms with Crippen LogP contribution in [-0.2, 0) is 14.3 Å². The van der Waals surface area contributed by atoms with Crippen molar-refractivity contribution in [3.05, 3.63) is 53.6 Å². The van der Waals surface area contributed by atoms with Gasteiger partial charge in [-0.1, -0.05) is 65.0 Å². The van der Waals surface area contributed by atoms with E-state index in [-0.39, 0.29) is 51.8 Å². The zero-order valence-electron chi connectivity index (χ0n) is 36.9. The predicted octanol–water partition coefficient (Wildman–Crippen LogP) is 10.5. The predicted molar refractivity (Wildman–Crippen MR) is 226 cm³/mol. The van der Waals surface area contributed by atoms with Gasteiger partial charge in [-0.2, -0.15) is 0 Å². The average molecular weight is 771 g/mol. The lowest BCUT2D eigenvalue weighted by molar-refractivity contribution is -0.226. The van der Waals surface area contributed by atoms with Crippen LogP contribution in [0.3, 0.4) is 0 Å². The molecule has 1 aromatic rings. The number of amides is 1. The zero-order chi connectivity index (χ0) is 41.2. The lowest BCUT2D eigenvalue weighted by Gasteiger charge is -2.72. The lowest BCUT2D eigenvalue weighted by Crippen LogP contribution is -2.66. The van der Waals surface area contributed by atoms with E-state index in [2.05, 4.69) is 76.1 Å². The summed E-state index contributed by atoms with van der Waals surface area (Å²) >= 11 is 0. The monoisotopic (exact) mass is 771 g/mol. The van der Waals surface area contributed by atoms with Gasteiger partial charge in [-0.3, -0.25) is 9.59 Å². The van der Waals surface area contributed by atoms with Crippen LogP contribution in [0.1, 0.15) is 149 Å². The van der Waals surface area contributed by atoms with E-state index in [1.165, 1.54) is 48.8 Å². The summed E-state index contributed by atoms with van der Waals surface area (Å²) in [6.45, 7) is 27.6. The van der Waals surface area contributed by atoms with Crippen LogP contribution in [0.5, 0.6) is 0 Å². The second-order valence-electron chi connectivity index (χ2n) is 21.7. The molecule has 7 heteroatoms. The van der Waals surface area contributed by atoms with Crippen molar-refractivity contribution in [1.29, 1.82) is 0 Å². The van der Waals surface area contributed by atoms with Gasteiger partial charge in [0.05, 0.1) is 12.0 Å². The standard InChI is InChI=1S/C49H74N2O5/c1-32(2)35-21-26-49(31-51(30-29-50(11)12)40(52)19-20-41(53)54)28-27-47(9)37(42(35)49)17-18-39-46(8)24-22-36(45(6,7)38(46)23-25-48(39,47)10)33-13-15-34(16-14-33)43(55)56-44(3,4)5/h13-16,22,35,37-39,42H,1,17-21,23-31H2,2-12H3,(H,53,54). The lowest BCUT2D eigenvalue weighted by atomic mass is 9.32. The second kappa shape index (κ2) is 15.0. The van der Waals surface area contributed by atoms with Gasteiger partial charge in [0.2, 0.25) is 5.91 Å². The molecule has 9 unspecified atom stereocenters. The van der Waals surface area contributed by atoms with Gasteiger partial charge in [0.25, 0.3) is 0 Å². The number of ether oxygens (including phenoxy) is 1. The molecule has 1 aromatic carbocycles. The molecule has 0 aromatic heterocycles. The van der Waals surface area contributed by atoms with Gasteiger partial charge in [0.15, 0.2) is 0 Å². The Bertz CT molecular complexity index is 1720. The molecular formula is C49H74N2O5. The molecule has 0 bridgehead atoms. The molecule has 0 spiro atoms. The van der Waals surface area contributed by atoms with Crippen LogP contribution in [0.2, 0.25) is 0 Å². The Morgan fingerprint density at radius 3 is 2.14 bits per heavy atom. The van der Waals surface area contributed by atoms with E-state index in [0.29, 0.717) is 41.7 Å². The number of carbonyl (C=O) groups excluding carboxylic acids is 2. The first-order valence-corrected chi connectivity index (χ1v) is 21.8. The van der Waals surface area contributed by atoms with Crippen molar-refractivity contribution in [2.24, 2.45) is 56.7 Å². The average Bonchev–Trinajstić information content (AvgIpc) is 3.48. The van der Waals surface area contributed by atoms with E-state index in [1.54, 1.807) is 0 Å². The fraction of sp³-hybridized carbons (Fsp3) is 0.735. The Morgan fingerprint density at radius 1 is 0.857 bits per heavy atom. The number of rotatable bonds is 11. The molecule has 0 aliphatic heterocycles. The Kier molecular flexibility index (Phi) is 11.4. The van der Waals surface area contributed by atoms with E-state index in [0.717, 1.165) is 38.8 Å². The summed E-state index contributed by atoms with van der Waals surface area (Å²) in [5, 5.41) is 9.44. The molecule has 56 heavy (non-hydrogen) atoms. The summed E-state index contributed by atoms with van der Waals surface area (Å²) < 4.78 is 5.65. The molecule has 1 amide bonds. The number of likely N-dealkylation sites (N-methyl/N-ethyl adjacent to an activating group) is 1. The molecule has 6 rings (SSSR count). The molecule has 5 aliphatic rings. The maximum Gasteiger partial charge on any atom is 0.338 e. The van der Waals surface area contributed by atoms with Crippen molar-refractivity contribution >= 4 is 23.4 Å². The van der Waals surface area contributed by atoms with Crippen LogP contribution in [0.25, 0.3) is 5.57 Å².